The van der Waals surface area contributed by atoms with Gasteiger partial charge in [0.15, 0.2) is 0 Å². The number of benzene rings is 1. The van der Waals surface area contributed by atoms with Gasteiger partial charge < -0.3 is 10.2 Å². The lowest BCUT2D eigenvalue weighted by Crippen LogP contribution is -2.34. The Hall–Kier alpha value is -2.07. The van der Waals surface area contributed by atoms with Gasteiger partial charge in [-0.1, -0.05) is 24.6 Å². The van der Waals surface area contributed by atoms with E-state index in [1.807, 2.05) is 12.1 Å². The molecule has 5 heteroatoms. The van der Waals surface area contributed by atoms with Gasteiger partial charge in [-0.2, -0.15) is 0 Å². The summed E-state index contributed by atoms with van der Waals surface area (Å²) in [5.74, 6) is 0.458. The fraction of sp³-hybridized carbons (Fsp3) is 0.333. The molecule has 120 valence electrons. The van der Waals surface area contributed by atoms with Gasteiger partial charge in [-0.25, -0.2) is 0 Å². The van der Waals surface area contributed by atoms with Crippen molar-refractivity contribution in [2.24, 2.45) is 5.92 Å². The second-order valence-corrected chi connectivity index (χ2v) is 6.49. The van der Waals surface area contributed by atoms with Crippen molar-refractivity contribution in [2.75, 3.05) is 23.3 Å². The number of carbonyl (C=O) groups is 1. The fourth-order valence-electron chi connectivity index (χ4n) is 2.93. The van der Waals surface area contributed by atoms with Crippen LogP contribution in [0.2, 0.25) is 5.02 Å². The van der Waals surface area contributed by atoms with Crippen molar-refractivity contribution in [3.8, 4) is 0 Å². The number of hydrogen-bond donors (Lipinski definition) is 1. The molecule has 1 unspecified atom stereocenters. The van der Waals surface area contributed by atoms with Gasteiger partial charge in [0.05, 0.1) is 0 Å². The molecule has 2 heterocycles. The fourth-order valence-corrected chi connectivity index (χ4v) is 3.12. The van der Waals surface area contributed by atoms with Gasteiger partial charge in [-0.15, -0.1) is 0 Å². The molecule has 0 bridgehead atoms. The SMILES string of the molecule is CC1CCCN(c2ccnc(C(=O)Nc3cccc(Cl)c3)c2)C1. The first-order valence-corrected chi connectivity index (χ1v) is 8.27. The third kappa shape index (κ3) is 4.02. The highest BCUT2D eigenvalue weighted by molar-refractivity contribution is 6.30. The summed E-state index contributed by atoms with van der Waals surface area (Å²) in [6.45, 7) is 4.32. The van der Waals surface area contributed by atoms with Crippen molar-refractivity contribution >= 4 is 28.9 Å². The molecular formula is C18H20ClN3O. The highest BCUT2D eigenvalue weighted by Crippen LogP contribution is 2.23. The number of nitrogens with zero attached hydrogens (tertiary/aromatic N) is 2. The smallest absolute Gasteiger partial charge is 0.274 e. The molecule has 0 saturated carbocycles. The minimum absolute atomic E-state index is 0.223. The van der Waals surface area contributed by atoms with E-state index >= 15 is 0 Å². The van der Waals surface area contributed by atoms with Crippen molar-refractivity contribution in [3.05, 3.63) is 53.3 Å². The lowest BCUT2D eigenvalue weighted by Gasteiger charge is -2.32. The zero-order chi connectivity index (χ0) is 16.2. The minimum Gasteiger partial charge on any atom is -0.371 e. The van der Waals surface area contributed by atoms with Gasteiger partial charge >= 0.3 is 0 Å². The first kappa shape index (κ1) is 15.8. The monoisotopic (exact) mass is 329 g/mol. The van der Waals surface area contributed by atoms with Crippen LogP contribution in [0.5, 0.6) is 0 Å². The van der Waals surface area contributed by atoms with Crippen LogP contribution in [0.1, 0.15) is 30.3 Å². The number of aromatic nitrogens is 1. The number of pyridine rings is 1. The third-order valence-electron chi connectivity index (χ3n) is 4.08. The van der Waals surface area contributed by atoms with Crippen LogP contribution in [-0.2, 0) is 0 Å². The molecule has 0 aliphatic carbocycles. The van der Waals surface area contributed by atoms with E-state index in [1.165, 1.54) is 12.8 Å². The molecule has 4 nitrogen and oxygen atoms in total. The molecule has 0 spiro atoms. The number of amides is 1. The Morgan fingerprint density at radius 2 is 2.22 bits per heavy atom. The van der Waals surface area contributed by atoms with E-state index in [9.17, 15) is 4.79 Å². The number of rotatable bonds is 3. The molecule has 1 amide bonds. The number of hydrogen-bond acceptors (Lipinski definition) is 3. The van der Waals surface area contributed by atoms with Gasteiger partial charge in [0.1, 0.15) is 5.69 Å². The van der Waals surface area contributed by atoms with E-state index in [2.05, 4.69) is 22.1 Å². The van der Waals surface area contributed by atoms with Crippen LogP contribution < -0.4 is 10.2 Å². The summed E-state index contributed by atoms with van der Waals surface area (Å²) in [4.78, 5) is 18.9. The Labute approximate surface area is 141 Å². The standard InChI is InChI=1S/C18H20ClN3O/c1-13-4-3-9-22(12-13)16-7-8-20-17(11-16)18(23)21-15-6-2-5-14(19)10-15/h2,5-8,10-11,13H,3-4,9,12H2,1H3,(H,21,23). The first-order valence-electron chi connectivity index (χ1n) is 7.90. The van der Waals surface area contributed by atoms with Crippen LogP contribution in [0.25, 0.3) is 0 Å². The van der Waals surface area contributed by atoms with Crippen LogP contribution in [0, 0.1) is 5.92 Å². The zero-order valence-electron chi connectivity index (χ0n) is 13.1. The number of carbonyl (C=O) groups excluding carboxylic acids is 1. The molecule has 3 rings (SSSR count). The van der Waals surface area contributed by atoms with Gasteiger partial charge in [0.25, 0.3) is 5.91 Å². The lowest BCUT2D eigenvalue weighted by atomic mass is 10.00. The van der Waals surface area contributed by atoms with Crippen LogP contribution in [0.4, 0.5) is 11.4 Å². The molecule has 1 saturated heterocycles. The van der Waals surface area contributed by atoms with Crippen LogP contribution in [0.3, 0.4) is 0 Å². The van der Waals surface area contributed by atoms with E-state index in [1.54, 1.807) is 30.5 Å². The molecule has 1 aliphatic rings. The molecule has 1 aromatic carbocycles. The van der Waals surface area contributed by atoms with Crippen LogP contribution in [0.15, 0.2) is 42.6 Å². The highest BCUT2D eigenvalue weighted by atomic mass is 35.5. The van der Waals surface area contributed by atoms with E-state index in [0.29, 0.717) is 22.3 Å². The van der Waals surface area contributed by atoms with Gasteiger partial charge in [-0.3, -0.25) is 9.78 Å². The molecule has 2 aromatic rings. The zero-order valence-corrected chi connectivity index (χ0v) is 13.9. The largest absolute Gasteiger partial charge is 0.371 e. The summed E-state index contributed by atoms with van der Waals surface area (Å²) in [5.41, 5.74) is 2.14. The van der Waals surface area contributed by atoms with Crippen molar-refractivity contribution in [2.45, 2.75) is 19.8 Å². The number of nitrogens with one attached hydrogen (secondary N) is 1. The van der Waals surface area contributed by atoms with E-state index in [4.69, 9.17) is 11.6 Å². The van der Waals surface area contributed by atoms with E-state index < -0.39 is 0 Å². The second-order valence-electron chi connectivity index (χ2n) is 6.06. The molecule has 1 aromatic heterocycles. The Morgan fingerprint density at radius 3 is 3.00 bits per heavy atom. The van der Waals surface area contributed by atoms with Gasteiger partial charge in [-0.05, 0) is 49.1 Å². The molecule has 1 aliphatic heterocycles. The topological polar surface area (TPSA) is 45.2 Å². The number of piperidine rings is 1. The molecular weight excluding hydrogens is 310 g/mol. The van der Waals surface area contributed by atoms with Gasteiger partial charge in [0, 0.05) is 35.7 Å². The van der Waals surface area contributed by atoms with E-state index in [0.717, 1.165) is 18.8 Å². The van der Waals surface area contributed by atoms with Crippen LogP contribution >= 0.6 is 11.6 Å². The normalized spacial score (nSPS) is 17.8. The van der Waals surface area contributed by atoms with Crippen molar-refractivity contribution in [3.63, 3.8) is 0 Å². The second kappa shape index (κ2) is 7.01. The summed E-state index contributed by atoms with van der Waals surface area (Å²) >= 11 is 5.94. The van der Waals surface area contributed by atoms with E-state index in [-0.39, 0.29) is 5.91 Å². The Morgan fingerprint density at radius 1 is 1.35 bits per heavy atom. The average molecular weight is 330 g/mol. The Bertz CT molecular complexity index is 704. The summed E-state index contributed by atoms with van der Waals surface area (Å²) in [6, 6.07) is 10.9. The predicted molar refractivity (Wildman–Crippen MR) is 94.3 cm³/mol. The number of anilines is 2. The Kier molecular flexibility index (Phi) is 4.82. The van der Waals surface area contributed by atoms with Crippen molar-refractivity contribution in [1.82, 2.24) is 4.98 Å². The molecule has 1 fully saturated rings. The molecule has 1 atom stereocenters. The quantitative estimate of drug-likeness (QED) is 0.916. The third-order valence-corrected chi connectivity index (χ3v) is 4.32. The first-order chi connectivity index (χ1) is 11.1. The molecule has 1 N–H and O–H groups in total. The average Bonchev–Trinajstić information content (AvgIpc) is 2.55. The summed E-state index contributed by atoms with van der Waals surface area (Å²) < 4.78 is 0. The van der Waals surface area contributed by atoms with Gasteiger partial charge in [0.2, 0.25) is 0 Å². The summed E-state index contributed by atoms with van der Waals surface area (Å²) in [5, 5.41) is 3.42. The molecule has 23 heavy (non-hydrogen) atoms. The minimum atomic E-state index is -0.223. The summed E-state index contributed by atoms with van der Waals surface area (Å²) in [7, 11) is 0. The maximum Gasteiger partial charge on any atom is 0.274 e. The molecule has 0 radical (unpaired) electrons. The Balaban J connectivity index is 1.75. The van der Waals surface area contributed by atoms with Crippen LogP contribution in [-0.4, -0.2) is 24.0 Å². The van der Waals surface area contributed by atoms with Crippen molar-refractivity contribution in [1.29, 1.82) is 0 Å². The van der Waals surface area contributed by atoms with Crippen molar-refractivity contribution < 1.29 is 4.79 Å². The number of halogens is 1. The lowest BCUT2D eigenvalue weighted by molar-refractivity contribution is 0.102. The maximum absolute atomic E-state index is 12.4. The summed E-state index contributed by atoms with van der Waals surface area (Å²) in [6.07, 6.45) is 4.15. The highest BCUT2D eigenvalue weighted by Gasteiger charge is 2.18. The maximum atomic E-state index is 12.4. The predicted octanol–water partition coefficient (Wildman–Crippen LogP) is 4.22.